The molecule has 9 rings (SSSR count). The summed E-state index contributed by atoms with van der Waals surface area (Å²) in [5, 5.41) is 0. The molecule has 0 bridgehead atoms. The summed E-state index contributed by atoms with van der Waals surface area (Å²) in [6.45, 7) is 13.3. The number of fused-ring (bicyclic) bond motifs is 5. The van der Waals surface area contributed by atoms with Crippen LogP contribution in [0.2, 0.25) is 0 Å². The molecule has 0 spiro atoms. The smallest absolute Gasteiger partial charge is 0.131 e. The summed E-state index contributed by atoms with van der Waals surface area (Å²) in [6.07, 6.45) is 3.77. The first-order chi connectivity index (χ1) is 27.5. The Kier molecular flexibility index (Phi) is 9.61. The first kappa shape index (κ1) is 37.4. The molecule has 6 aromatic carbocycles. The molecular weight excluding hydrogens is 747 g/mol. The summed E-state index contributed by atoms with van der Waals surface area (Å²) in [5.74, 6) is 0.676. The van der Waals surface area contributed by atoms with Crippen LogP contribution < -0.4 is 0 Å². The standard InChI is InChI=1S/C49H44F2N4S2/c1-27(2)7-9-29-11-15-37(43(50)23-29)39-21-19-33(45-47(39)54-56-52-45)31-13-17-35-36-18-14-32(26-42(36)49(5,6)41(35)25-31)34-20-22-40(48-46(34)53-57-55-48)38-16-12-30(24-44(38)51)10-8-28(3)4/h11-28H,7-10H2,1-6H3. The summed E-state index contributed by atoms with van der Waals surface area (Å²) >= 11 is 2.32. The highest BCUT2D eigenvalue weighted by atomic mass is 32.1. The Bertz CT molecular complexity index is 2640. The predicted molar refractivity (Wildman–Crippen MR) is 234 cm³/mol. The van der Waals surface area contributed by atoms with E-state index in [2.05, 4.69) is 98.8 Å². The second-order valence-corrected chi connectivity index (χ2v) is 17.9. The molecule has 1 aliphatic rings. The van der Waals surface area contributed by atoms with E-state index in [1.54, 1.807) is 12.1 Å². The van der Waals surface area contributed by atoms with Gasteiger partial charge < -0.3 is 0 Å². The first-order valence-corrected chi connectivity index (χ1v) is 21.3. The second-order valence-electron chi connectivity index (χ2n) is 16.9. The van der Waals surface area contributed by atoms with Gasteiger partial charge in [0.2, 0.25) is 0 Å². The number of rotatable bonds is 10. The van der Waals surface area contributed by atoms with Crippen LogP contribution in [-0.4, -0.2) is 17.5 Å². The summed E-state index contributed by atoms with van der Waals surface area (Å²) in [6, 6.07) is 32.6. The fourth-order valence-corrected chi connectivity index (χ4v) is 9.63. The second kappa shape index (κ2) is 14.6. The largest absolute Gasteiger partial charge is 0.206 e. The van der Waals surface area contributed by atoms with Gasteiger partial charge in [-0.3, -0.25) is 0 Å². The highest BCUT2D eigenvalue weighted by Crippen LogP contribution is 2.51. The zero-order chi connectivity index (χ0) is 39.6. The lowest BCUT2D eigenvalue weighted by Crippen LogP contribution is -2.15. The summed E-state index contributed by atoms with van der Waals surface area (Å²) in [7, 11) is 0. The molecule has 8 aromatic rings. The van der Waals surface area contributed by atoms with Crippen molar-refractivity contribution in [1.82, 2.24) is 17.5 Å². The van der Waals surface area contributed by atoms with Gasteiger partial charge in [0.25, 0.3) is 0 Å². The van der Waals surface area contributed by atoms with Crippen molar-refractivity contribution in [3.05, 3.63) is 131 Å². The molecule has 0 radical (unpaired) electrons. The van der Waals surface area contributed by atoms with Crippen molar-refractivity contribution < 1.29 is 8.78 Å². The van der Waals surface area contributed by atoms with Crippen molar-refractivity contribution in [1.29, 1.82) is 0 Å². The molecule has 0 amide bonds. The van der Waals surface area contributed by atoms with Crippen LogP contribution >= 0.6 is 23.5 Å². The van der Waals surface area contributed by atoms with Gasteiger partial charge in [0, 0.05) is 38.8 Å². The van der Waals surface area contributed by atoms with Gasteiger partial charge in [0.1, 0.15) is 33.7 Å². The number of halogens is 2. The lowest BCUT2D eigenvalue weighted by molar-refractivity contribution is 0.582. The molecular formula is C49H44F2N4S2. The minimum absolute atomic E-state index is 0.228. The third-order valence-corrected chi connectivity index (χ3v) is 12.9. The molecule has 1 aliphatic carbocycles. The highest BCUT2D eigenvalue weighted by molar-refractivity contribution is 7.00. The molecule has 2 aromatic heterocycles. The molecule has 286 valence electrons. The number of benzene rings is 6. The number of aryl methyl sites for hydroxylation is 2. The van der Waals surface area contributed by atoms with E-state index in [0.717, 1.165) is 105 Å². The molecule has 0 aliphatic heterocycles. The monoisotopic (exact) mass is 790 g/mol. The molecule has 0 unspecified atom stereocenters. The van der Waals surface area contributed by atoms with Crippen LogP contribution in [-0.2, 0) is 18.3 Å². The van der Waals surface area contributed by atoms with E-state index in [-0.39, 0.29) is 17.0 Å². The molecule has 2 heterocycles. The van der Waals surface area contributed by atoms with E-state index in [1.807, 2.05) is 36.4 Å². The summed E-state index contributed by atoms with van der Waals surface area (Å²) in [5.41, 5.74) is 16.3. The average Bonchev–Trinajstić information content (AvgIpc) is 3.94. The van der Waals surface area contributed by atoms with Crippen molar-refractivity contribution in [3.63, 3.8) is 0 Å². The molecule has 4 nitrogen and oxygen atoms in total. The van der Waals surface area contributed by atoms with Crippen LogP contribution in [0.5, 0.6) is 0 Å². The van der Waals surface area contributed by atoms with Gasteiger partial charge in [-0.25, -0.2) is 8.78 Å². The van der Waals surface area contributed by atoms with Crippen LogP contribution in [0.1, 0.15) is 76.6 Å². The average molecular weight is 791 g/mol. The van der Waals surface area contributed by atoms with Gasteiger partial charge in [-0.1, -0.05) is 114 Å². The molecule has 0 saturated carbocycles. The third kappa shape index (κ3) is 6.66. The zero-order valence-corrected chi connectivity index (χ0v) is 34.7. The summed E-state index contributed by atoms with van der Waals surface area (Å²) in [4.78, 5) is 0. The van der Waals surface area contributed by atoms with Crippen molar-refractivity contribution in [2.75, 3.05) is 0 Å². The van der Waals surface area contributed by atoms with Crippen LogP contribution in [0.4, 0.5) is 8.78 Å². The summed E-state index contributed by atoms with van der Waals surface area (Å²) < 4.78 is 50.0. The number of nitrogens with zero attached hydrogens (tertiary/aromatic N) is 4. The maximum absolute atomic E-state index is 15.6. The fraction of sp³-hybridized carbons (Fsp3) is 0.265. The Morgan fingerprint density at radius 3 is 1.19 bits per heavy atom. The minimum Gasteiger partial charge on any atom is -0.206 e. The van der Waals surface area contributed by atoms with E-state index in [1.165, 1.54) is 22.3 Å². The van der Waals surface area contributed by atoms with Crippen LogP contribution in [0.3, 0.4) is 0 Å². The Hall–Kier alpha value is -5.18. The highest BCUT2D eigenvalue weighted by Gasteiger charge is 2.36. The molecule has 0 atom stereocenters. The zero-order valence-electron chi connectivity index (χ0n) is 33.1. The van der Waals surface area contributed by atoms with E-state index < -0.39 is 0 Å². The molecule has 0 N–H and O–H groups in total. The number of aromatic nitrogens is 4. The maximum atomic E-state index is 15.6. The normalized spacial score (nSPS) is 13.3. The van der Waals surface area contributed by atoms with Crippen molar-refractivity contribution in [2.24, 2.45) is 11.8 Å². The number of hydrogen-bond donors (Lipinski definition) is 0. The molecule has 57 heavy (non-hydrogen) atoms. The molecule has 8 heteroatoms. The van der Waals surface area contributed by atoms with Crippen molar-refractivity contribution in [3.8, 4) is 55.6 Å². The topological polar surface area (TPSA) is 51.6 Å². The SMILES string of the molecule is CC(C)CCc1ccc(-c2ccc(-c3ccc4c(c3)C(C)(C)c3cc(-c5ccc(-c6ccc(CCC(C)C)cc6F)c6nsnc56)ccc3-4)c3nsnc23)c(F)c1. The van der Waals surface area contributed by atoms with E-state index in [9.17, 15) is 0 Å². The minimum atomic E-state index is -0.295. The fourth-order valence-electron chi connectivity index (χ4n) is 8.48. The van der Waals surface area contributed by atoms with Gasteiger partial charge in [-0.2, -0.15) is 17.5 Å². The first-order valence-electron chi connectivity index (χ1n) is 19.9. The third-order valence-electron chi connectivity index (χ3n) is 11.8. The van der Waals surface area contributed by atoms with Crippen molar-refractivity contribution >= 4 is 45.5 Å². The predicted octanol–water partition coefficient (Wildman–Crippen LogP) is 14.1. The maximum Gasteiger partial charge on any atom is 0.131 e. The van der Waals surface area contributed by atoms with Gasteiger partial charge in [0.15, 0.2) is 0 Å². The van der Waals surface area contributed by atoms with E-state index >= 15 is 8.78 Å². The van der Waals surface area contributed by atoms with Gasteiger partial charge in [-0.05, 0) is 106 Å². The lowest BCUT2D eigenvalue weighted by Gasteiger charge is -2.23. The Labute approximate surface area is 341 Å². The van der Waals surface area contributed by atoms with Gasteiger partial charge >= 0.3 is 0 Å². The van der Waals surface area contributed by atoms with Crippen molar-refractivity contribution in [2.45, 2.75) is 72.6 Å². The van der Waals surface area contributed by atoms with Crippen LogP contribution in [0.25, 0.3) is 77.7 Å². The van der Waals surface area contributed by atoms with Crippen LogP contribution in [0.15, 0.2) is 97.1 Å². The lowest BCUT2D eigenvalue weighted by atomic mass is 9.80. The van der Waals surface area contributed by atoms with Crippen LogP contribution in [0, 0.1) is 23.5 Å². The molecule has 0 saturated heterocycles. The quantitative estimate of drug-likeness (QED) is 0.138. The number of hydrogen-bond acceptors (Lipinski definition) is 6. The van der Waals surface area contributed by atoms with Gasteiger partial charge in [0.05, 0.1) is 23.5 Å². The Balaban J connectivity index is 1.04. The Morgan fingerprint density at radius 2 is 0.807 bits per heavy atom. The van der Waals surface area contributed by atoms with Gasteiger partial charge in [-0.15, -0.1) is 0 Å². The van der Waals surface area contributed by atoms with E-state index in [0.29, 0.717) is 34.0 Å². The Morgan fingerprint density at radius 1 is 0.456 bits per heavy atom. The molecule has 0 fully saturated rings. The van der Waals surface area contributed by atoms with E-state index in [4.69, 9.17) is 8.75 Å².